The molecule has 0 heterocycles. The standard InChI is InChI=1S/C23H44N8O9/c1-10(2)8-14(22(39)40)28-20(37)17(12(4)34)31-19(36)15(9-32)29-21(38)16(11(3)33)30-18(35)13(24)6-5-7-27-23(25)26/h10-17,32-34H,5-9,24H2,1-4H3,(H,28,37)(H,29,38)(H,30,35)(H,31,36)(H,39,40)(H4,25,26,27)/t11-,12-,13+,14+,15+,16+,17+/m1/s1. The Labute approximate surface area is 232 Å². The van der Waals surface area contributed by atoms with Gasteiger partial charge < -0.3 is 58.9 Å². The lowest BCUT2D eigenvalue weighted by molar-refractivity contribution is -0.143. The lowest BCUT2D eigenvalue weighted by Crippen LogP contribution is -2.62. The minimum atomic E-state index is -1.67. The SMILES string of the molecule is CC(C)C[C@H](NC(=O)[C@@H](NC(=O)[C@H](CO)NC(=O)[C@@H](NC(=O)[C@@H](N)CCCN=C(N)N)[C@@H](C)O)[C@@H](C)O)C(=O)O. The molecule has 0 aliphatic carbocycles. The molecule has 230 valence electrons. The van der Waals surface area contributed by atoms with Crippen LogP contribution in [0.3, 0.4) is 0 Å². The average molecular weight is 577 g/mol. The van der Waals surface area contributed by atoms with Crippen molar-refractivity contribution in [2.45, 2.75) is 89.4 Å². The summed E-state index contributed by atoms with van der Waals surface area (Å²) in [6.07, 6.45) is -2.33. The van der Waals surface area contributed by atoms with Crippen molar-refractivity contribution >= 4 is 35.6 Å². The fraction of sp³-hybridized carbons (Fsp3) is 0.739. The van der Waals surface area contributed by atoms with Crippen LogP contribution in [0.25, 0.3) is 0 Å². The van der Waals surface area contributed by atoms with E-state index in [1.165, 1.54) is 13.8 Å². The Bertz CT molecular complexity index is 894. The van der Waals surface area contributed by atoms with Gasteiger partial charge in [0.1, 0.15) is 24.2 Å². The molecular formula is C23H44N8O9. The van der Waals surface area contributed by atoms with Crippen molar-refractivity contribution in [1.82, 2.24) is 21.3 Å². The first-order valence-corrected chi connectivity index (χ1v) is 12.7. The zero-order valence-electron chi connectivity index (χ0n) is 23.2. The van der Waals surface area contributed by atoms with Gasteiger partial charge in [0.05, 0.1) is 24.9 Å². The first-order valence-electron chi connectivity index (χ1n) is 12.7. The summed E-state index contributed by atoms with van der Waals surface area (Å²) in [6.45, 7) is 5.13. The first kappa shape index (κ1) is 36.5. The van der Waals surface area contributed by atoms with Crippen LogP contribution in [0.2, 0.25) is 0 Å². The summed E-state index contributed by atoms with van der Waals surface area (Å²) in [7, 11) is 0. The number of carboxylic acids is 1. The van der Waals surface area contributed by atoms with E-state index in [0.29, 0.717) is 6.42 Å². The van der Waals surface area contributed by atoms with Gasteiger partial charge in [-0.1, -0.05) is 13.8 Å². The summed E-state index contributed by atoms with van der Waals surface area (Å²) >= 11 is 0. The van der Waals surface area contributed by atoms with E-state index >= 15 is 0 Å². The van der Waals surface area contributed by atoms with Crippen molar-refractivity contribution in [2.75, 3.05) is 13.2 Å². The van der Waals surface area contributed by atoms with Gasteiger partial charge in [-0.2, -0.15) is 0 Å². The van der Waals surface area contributed by atoms with E-state index in [1.807, 2.05) is 0 Å². The monoisotopic (exact) mass is 576 g/mol. The summed E-state index contributed by atoms with van der Waals surface area (Å²) in [5.74, 6) is -5.44. The molecule has 17 nitrogen and oxygen atoms in total. The van der Waals surface area contributed by atoms with Crippen LogP contribution >= 0.6 is 0 Å². The Balaban J connectivity index is 5.37. The van der Waals surface area contributed by atoms with Crippen LogP contribution in [-0.4, -0.2) is 112 Å². The average Bonchev–Trinajstić information content (AvgIpc) is 2.84. The fourth-order valence-corrected chi connectivity index (χ4v) is 3.39. The highest BCUT2D eigenvalue weighted by Crippen LogP contribution is 2.07. The van der Waals surface area contributed by atoms with E-state index in [4.69, 9.17) is 17.2 Å². The van der Waals surface area contributed by atoms with Crippen molar-refractivity contribution in [3.05, 3.63) is 0 Å². The first-order chi connectivity index (χ1) is 18.5. The van der Waals surface area contributed by atoms with E-state index < -0.39 is 78.6 Å². The van der Waals surface area contributed by atoms with Gasteiger partial charge in [-0.15, -0.1) is 0 Å². The molecule has 0 bridgehead atoms. The van der Waals surface area contributed by atoms with Crippen LogP contribution in [0.1, 0.15) is 47.0 Å². The maximum atomic E-state index is 12.8. The topological polar surface area (TPSA) is 305 Å². The zero-order chi connectivity index (χ0) is 31.2. The molecule has 0 rings (SSSR count). The maximum Gasteiger partial charge on any atom is 0.326 e. The third kappa shape index (κ3) is 13.5. The maximum absolute atomic E-state index is 12.8. The van der Waals surface area contributed by atoms with E-state index in [9.17, 15) is 44.4 Å². The highest BCUT2D eigenvalue weighted by molar-refractivity contribution is 5.95. The largest absolute Gasteiger partial charge is 0.480 e. The molecule has 0 spiro atoms. The van der Waals surface area contributed by atoms with Crippen molar-refractivity contribution in [1.29, 1.82) is 0 Å². The molecule has 0 aromatic rings. The second-order valence-electron chi connectivity index (χ2n) is 9.78. The summed E-state index contributed by atoms with van der Waals surface area (Å²) in [5.41, 5.74) is 16.3. The number of rotatable bonds is 18. The molecule has 0 saturated carbocycles. The number of hydrogen-bond donors (Lipinski definition) is 11. The molecule has 4 amide bonds. The minimum Gasteiger partial charge on any atom is -0.480 e. The molecule has 7 atom stereocenters. The number of nitrogens with two attached hydrogens (primary N) is 3. The minimum absolute atomic E-state index is 0.0865. The number of carbonyl (C=O) groups excluding carboxylic acids is 4. The Morgan fingerprint density at radius 3 is 1.65 bits per heavy atom. The molecule has 0 fully saturated rings. The van der Waals surface area contributed by atoms with Crippen molar-refractivity contribution in [3.8, 4) is 0 Å². The number of carbonyl (C=O) groups is 5. The van der Waals surface area contributed by atoms with E-state index in [-0.39, 0.29) is 31.3 Å². The quantitative estimate of drug-likeness (QED) is 0.0416. The third-order valence-electron chi connectivity index (χ3n) is 5.57. The van der Waals surface area contributed by atoms with E-state index in [2.05, 4.69) is 26.3 Å². The number of aliphatic hydroxyl groups excluding tert-OH is 3. The molecule has 0 aliphatic heterocycles. The molecule has 17 heteroatoms. The van der Waals surface area contributed by atoms with Crippen LogP contribution in [-0.2, 0) is 24.0 Å². The van der Waals surface area contributed by atoms with Gasteiger partial charge in [0.25, 0.3) is 0 Å². The third-order valence-corrected chi connectivity index (χ3v) is 5.57. The molecule has 0 saturated heterocycles. The highest BCUT2D eigenvalue weighted by Gasteiger charge is 2.34. The summed E-state index contributed by atoms with van der Waals surface area (Å²) < 4.78 is 0. The molecule has 0 aromatic heterocycles. The smallest absolute Gasteiger partial charge is 0.326 e. The van der Waals surface area contributed by atoms with Gasteiger partial charge in [0.15, 0.2) is 5.96 Å². The molecule has 0 aromatic carbocycles. The number of amides is 4. The van der Waals surface area contributed by atoms with Gasteiger partial charge >= 0.3 is 5.97 Å². The lowest BCUT2D eigenvalue weighted by Gasteiger charge is -2.27. The molecule has 0 aliphatic rings. The van der Waals surface area contributed by atoms with Crippen LogP contribution in [0.15, 0.2) is 4.99 Å². The number of aliphatic carboxylic acids is 1. The highest BCUT2D eigenvalue weighted by atomic mass is 16.4. The fourth-order valence-electron chi connectivity index (χ4n) is 3.39. The number of aliphatic imine (C=N–C) groups is 1. The van der Waals surface area contributed by atoms with Crippen LogP contribution in [0.4, 0.5) is 0 Å². The van der Waals surface area contributed by atoms with E-state index in [0.717, 1.165) is 0 Å². The molecule has 40 heavy (non-hydrogen) atoms. The van der Waals surface area contributed by atoms with Crippen molar-refractivity contribution in [2.24, 2.45) is 28.1 Å². The number of aliphatic hydroxyl groups is 3. The Morgan fingerprint density at radius 1 is 0.775 bits per heavy atom. The normalized spacial score (nSPS) is 16.3. The Kier molecular flexibility index (Phi) is 16.3. The van der Waals surface area contributed by atoms with Gasteiger partial charge in [-0.25, -0.2) is 4.79 Å². The Hall–Kier alpha value is -3.54. The number of nitrogens with zero attached hydrogens (tertiary/aromatic N) is 1. The number of carboxylic acid groups (broad SMARTS) is 1. The molecular weight excluding hydrogens is 532 g/mol. The summed E-state index contributed by atoms with van der Waals surface area (Å²) in [4.78, 5) is 65.8. The zero-order valence-corrected chi connectivity index (χ0v) is 23.2. The van der Waals surface area contributed by atoms with Gasteiger partial charge in [0, 0.05) is 6.54 Å². The van der Waals surface area contributed by atoms with Crippen molar-refractivity contribution < 1.29 is 44.4 Å². The van der Waals surface area contributed by atoms with Crippen LogP contribution in [0, 0.1) is 5.92 Å². The second-order valence-corrected chi connectivity index (χ2v) is 9.78. The molecule has 0 radical (unpaired) electrons. The molecule has 14 N–H and O–H groups in total. The summed E-state index contributed by atoms with van der Waals surface area (Å²) in [6, 6.07) is -7.22. The van der Waals surface area contributed by atoms with Crippen LogP contribution < -0.4 is 38.5 Å². The second kappa shape index (κ2) is 17.9. The summed E-state index contributed by atoms with van der Waals surface area (Å²) in [5, 5.41) is 47.9. The van der Waals surface area contributed by atoms with Gasteiger partial charge in [-0.05, 0) is 39.0 Å². The number of guanidine groups is 1. The van der Waals surface area contributed by atoms with Crippen LogP contribution in [0.5, 0.6) is 0 Å². The molecule has 0 unspecified atom stereocenters. The lowest BCUT2D eigenvalue weighted by atomic mass is 10.0. The van der Waals surface area contributed by atoms with Gasteiger partial charge in [0.2, 0.25) is 23.6 Å². The predicted octanol–water partition coefficient (Wildman–Crippen LogP) is -4.81. The van der Waals surface area contributed by atoms with Crippen molar-refractivity contribution in [3.63, 3.8) is 0 Å². The van der Waals surface area contributed by atoms with Gasteiger partial charge in [-0.3, -0.25) is 24.2 Å². The number of hydrogen-bond acceptors (Lipinski definition) is 10. The predicted molar refractivity (Wildman–Crippen MR) is 143 cm³/mol. The Morgan fingerprint density at radius 2 is 1.25 bits per heavy atom. The number of nitrogens with one attached hydrogen (secondary N) is 4. The van der Waals surface area contributed by atoms with E-state index in [1.54, 1.807) is 13.8 Å².